The third kappa shape index (κ3) is 3.66. The molecule has 1 atom stereocenters. The number of hydrogen-bond donors (Lipinski definition) is 1. The van der Waals surface area contributed by atoms with Gasteiger partial charge in [0.2, 0.25) is 5.82 Å². The molecule has 1 aliphatic rings. The van der Waals surface area contributed by atoms with Crippen molar-refractivity contribution in [2.24, 2.45) is 5.92 Å². The molecule has 1 aromatic heterocycles. The van der Waals surface area contributed by atoms with E-state index in [4.69, 9.17) is 0 Å². The largest absolute Gasteiger partial charge is 0.464 e. The van der Waals surface area contributed by atoms with E-state index in [1.54, 1.807) is 0 Å². The van der Waals surface area contributed by atoms with Gasteiger partial charge in [0, 0.05) is 19.2 Å². The Hall–Kier alpha value is -2.22. The van der Waals surface area contributed by atoms with Crippen molar-refractivity contribution in [1.82, 2.24) is 9.88 Å². The van der Waals surface area contributed by atoms with Crippen molar-refractivity contribution in [1.29, 1.82) is 0 Å². The fourth-order valence-corrected chi connectivity index (χ4v) is 2.38. The fourth-order valence-electron chi connectivity index (χ4n) is 2.38. The molecule has 0 aromatic carbocycles. The van der Waals surface area contributed by atoms with Crippen molar-refractivity contribution in [3.8, 4) is 0 Å². The zero-order valence-corrected chi connectivity index (χ0v) is 12.0. The standard InChI is InChI=1S/C13H18N4O4/c1-16-6-5-9(8-16)7-14-12-11(17(19)20)4-3-10(15-12)13(18)21-2/h3-4,9H,5-8H2,1-2H3,(H,14,15). The Morgan fingerprint density at radius 2 is 2.38 bits per heavy atom. The highest BCUT2D eigenvalue weighted by atomic mass is 16.6. The van der Waals surface area contributed by atoms with E-state index >= 15 is 0 Å². The van der Waals surface area contributed by atoms with Gasteiger partial charge in [0.1, 0.15) is 0 Å². The molecule has 0 saturated carbocycles. The van der Waals surface area contributed by atoms with E-state index in [1.807, 2.05) is 7.05 Å². The van der Waals surface area contributed by atoms with Gasteiger partial charge in [-0.15, -0.1) is 0 Å². The predicted molar refractivity (Wildman–Crippen MR) is 76.3 cm³/mol. The van der Waals surface area contributed by atoms with Gasteiger partial charge in [0.25, 0.3) is 0 Å². The Morgan fingerprint density at radius 3 is 2.95 bits per heavy atom. The van der Waals surface area contributed by atoms with Crippen molar-refractivity contribution in [2.45, 2.75) is 6.42 Å². The minimum Gasteiger partial charge on any atom is -0.464 e. The van der Waals surface area contributed by atoms with Crippen LogP contribution >= 0.6 is 0 Å². The molecule has 0 radical (unpaired) electrons. The lowest BCUT2D eigenvalue weighted by atomic mass is 10.1. The maximum Gasteiger partial charge on any atom is 0.356 e. The van der Waals surface area contributed by atoms with Gasteiger partial charge in [0.15, 0.2) is 5.69 Å². The Morgan fingerprint density at radius 1 is 1.62 bits per heavy atom. The van der Waals surface area contributed by atoms with Crippen LogP contribution in [0.5, 0.6) is 0 Å². The Labute approximate surface area is 122 Å². The van der Waals surface area contributed by atoms with Crippen LogP contribution in [-0.4, -0.2) is 54.6 Å². The number of nitrogens with zero attached hydrogens (tertiary/aromatic N) is 3. The number of ether oxygens (including phenoxy) is 1. The maximum absolute atomic E-state index is 11.5. The number of esters is 1. The van der Waals surface area contributed by atoms with Crippen molar-refractivity contribution >= 4 is 17.5 Å². The summed E-state index contributed by atoms with van der Waals surface area (Å²) in [5.41, 5.74) is -0.0943. The fraction of sp³-hybridized carbons (Fsp3) is 0.538. The summed E-state index contributed by atoms with van der Waals surface area (Å²) < 4.78 is 4.58. The van der Waals surface area contributed by atoms with Crippen molar-refractivity contribution in [3.05, 3.63) is 27.9 Å². The molecule has 2 rings (SSSR count). The normalized spacial score (nSPS) is 18.5. The summed E-state index contributed by atoms with van der Waals surface area (Å²) in [6, 6.07) is 2.56. The number of nitrogens with one attached hydrogen (secondary N) is 1. The molecule has 1 saturated heterocycles. The van der Waals surface area contributed by atoms with E-state index in [0.29, 0.717) is 12.5 Å². The monoisotopic (exact) mass is 294 g/mol. The van der Waals surface area contributed by atoms with E-state index in [2.05, 4.69) is 19.9 Å². The molecular weight excluding hydrogens is 276 g/mol. The second kappa shape index (κ2) is 6.49. The molecule has 0 amide bonds. The van der Waals surface area contributed by atoms with Gasteiger partial charge in [-0.25, -0.2) is 9.78 Å². The quantitative estimate of drug-likeness (QED) is 0.494. The molecule has 0 spiro atoms. The zero-order valence-electron chi connectivity index (χ0n) is 12.0. The maximum atomic E-state index is 11.5. The first-order valence-corrected chi connectivity index (χ1v) is 6.67. The first-order valence-electron chi connectivity index (χ1n) is 6.67. The summed E-state index contributed by atoms with van der Waals surface area (Å²) in [5, 5.41) is 14.0. The number of aromatic nitrogens is 1. The first kappa shape index (κ1) is 15.2. The lowest BCUT2D eigenvalue weighted by molar-refractivity contribution is -0.384. The molecule has 114 valence electrons. The van der Waals surface area contributed by atoms with Crippen molar-refractivity contribution in [2.75, 3.05) is 39.1 Å². The van der Waals surface area contributed by atoms with Crippen LogP contribution in [0, 0.1) is 16.0 Å². The average Bonchev–Trinajstić information content (AvgIpc) is 2.89. The summed E-state index contributed by atoms with van der Waals surface area (Å²) in [6.07, 6.45) is 1.04. The van der Waals surface area contributed by atoms with Gasteiger partial charge in [-0.3, -0.25) is 10.1 Å². The van der Waals surface area contributed by atoms with Crippen molar-refractivity contribution < 1.29 is 14.5 Å². The lowest BCUT2D eigenvalue weighted by Crippen LogP contribution is -2.20. The minimum atomic E-state index is -0.617. The van der Waals surface area contributed by atoms with Gasteiger partial charge in [0.05, 0.1) is 12.0 Å². The number of carbonyl (C=O) groups is 1. The third-order valence-corrected chi connectivity index (χ3v) is 3.51. The number of likely N-dealkylation sites (tertiary alicyclic amines) is 1. The first-order chi connectivity index (χ1) is 10.0. The summed E-state index contributed by atoms with van der Waals surface area (Å²) >= 11 is 0. The Bertz CT molecular complexity index is 549. The summed E-state index contributed by atoms with van der Waals surface area (Å²) in [5.74, 6) is -0.0933. The summed E-state index contributed by atoms with van der Waals surface area (Å²) in [4.78, 5) is 28.2. The molecule has 0 bridgehead atoms. The minimum absolute atomic E-state index is 0.0501. The highest BCUT2D eigenvalue weighted by Gasteiger charge is 2.22. The number of anilines is 1. The number of nitro groups is 1. The summed E-state index contributed by atoms with van der Waals surface area (Å²) in [6.45, 7) is 2.55. The SMILES string of the molecule is COC(=O)c1ccc([N+](=O)[O-])c(NCC2CCN(C)C2)n1. The second-order valence-electron chi connectivity index (χ2n) is 5.11. The topological polar surface area (TPSA) is 97.6 Å². The van der Waals surface area contributed by atoms with Crippen LogP contribution in [0.2, 0.25) is 0 Å². The second-order valence-corrected chi connectivity index (χ2v) is 5.11. The van der Waals surface area contributed by atoms with Crippen LogP contribution in [0.1, 0.15) is 16.9 Å². The predicted octanol–water partition coefficient (Wildman–Crippen LogP) is 1.14. The van der Waals surface area contributed by atoms with Gasteiger partial charge in [-0.2, -0.15) is 0 Å². The molecule has 21 heavy (non-hydrogen) atoms. The molecule has 8 heteroatoms. The van der Waals surface area contributed by atoms with Gasteiger partial charge in [-0.1, -0.05) is 0 Å². The van der Waals surface area contributed by atoms with Gasteiger partial charge in [-0.05, 0) is 32.0 Å². The van der Waals surface area contributed by atoms with Crippen LogP contribution < -0.4 is 5.32 Å². The van der Waals surface area contributed by atoms with Crippen LogP contribution in [0.25, 0.3) is 0 Å². The number of carbonyl (C=O) groups excluding carboxylic acids is 1. The van der Waals surface area contributed by atoms with Crippen LogP contribution in [0.15, 0.2) is 12.1 Å². The van der Waals surface area contributed by atoms with E-state index in [0.717, 1.165) is 19.5 Å². The lowest BCUT2D eigenvalue weighted by Gasteiger charge is -2.12. The molecule has 2 heterocycles. The number of methoxy groups -OCH3 is 1. The van der Waals surface area contributed by atoms with Crippen molar-refractivity contribution in [3.63, 3.8) is 0 Å². The zero-order chi connectivity index (χ0) is 15.4. The van der Waals surface area contributed by atoms with E-state index in [-0.39, 0.29) is 17.2 Å². The smallest absolute Gasteiger partial charge is 0.356 e. The van der Waals surface area contributed by atoms with Crippen LogP contribution in [0.4, 0.5) is 11.5 Å². The number of rotatable bonds is 5. The molecule has 1 aromatic rings. The highest BCUT2D eigenvalue weighted by Crippen LogP contribution is 2.24. The molecule has 8 nitrogen and oxygen atoms in total. The molecule has 1 N–H and O–H groups in total. The summed E-state index contributed by atoms with van der Waals surface area (Å²) in [7, 11) is 3.28. The highest BCUT2D eigenvalue weighted by molar-refractivity contribution is 5.88. The van der Waals surface area contributed by atoms with Gasteiger partial charge >= 0.3 is 11.7 Å². The molecule has 0 aliphatic carbocycles. The van der Waals surface area contributed by atoms with Gasteiger partial charge < -0.3 is 15.0 Å². The molecule has 1 unspecified atom stereocenters. The van der Waals surface area contributed by atoms with E-state index in [9.17, 15) is 14.9 Å². The molecule has 1 fully saturated rings. The van der Waals surface area contributed by atoms with Crippen LogP contribution in [-0.2, 0) is 4.74 Å². The van der Waals surface area contributed by atoms with E-state index in [1.165, 1.54) is 19.2 Å². The third-order valence-electron chi connectivity index (χ3n) is 3.51. The molecule has 1 aliphatic heterocycles. The average molecular weight is 294 g/mol. The number of pyridine rings is 1. The Balaban J connectivity index is 2.14. The van der Waals surface area contributed by atoms with Crippen LogP contribution in [0.3, 0.4) is 0 Å². The Kier molecular flexibility index (Phi) is 4.69. The molecular formula is C13H18N4O4. The van der Waals surface area contributed by atoms with E-state index < -0.39 is 10.9 Å². The number of hydrogen-bond acceptors (Lipinski definition) is 7.